The first-order valence-corrected chi connectivity index (χ1v) is 7.86. The molecular formula is C16H12F3NO2S. The summed E-state index contributed by atoms with van der Waals surface area (Å²) in [5, 5.41) is 0. The van der Waals surface area contributed by atoms with Crippen LogP contribution in [-0.2, 0) is 6.18 Å². The Bertz CT molecular complexity index is 840. The standard InChI is InChI=1S/C16H12F3NO2S/c1-9-2-4-11(15(21)22-9)12-6-7-23-14-5-3-10(16(17,18)19)8-13(14)20-12/h2-5,8H,6-7H2,1H3. The van der Waals surface area contributed by atoms with Crippen LogP contribution in [0.2, 0.25) is 0 Å². The number of benzene rings is 1. The van der Waals surface area contributed by atoms with Crippen LogP contribution in [0.4, 0.5) is 18.9 Å². The topological polar surface area (TPSA) is 42.6 Å². The lowest BCUT2D eigenvalue weighted by Crippen LogP contribution is -2.15. The molecular weight excluding hydrogens is 327 g/mol. The third-order valence-electron chi connectivity index (χ3n) is 3.41. The summed E-state index contributed by atoms with van der Waals surface area (Å²) in [4.78, 5) is 16.9. The molecule has 120 valence electrons. The van der Waals surface area contributed by atoms with Gasteiger partial charge >= 0.3 is 11.8 Å². The Labute approximate surface area is 134 Å². The van der Waals surface area contributed by atoms with Gasteiger partial charge in [0.1, 0.15) is 5.76 Å². The van der Waals surface area contributed by atoms with E-state index in [1.807, 2.05) is 0 Å². The minimum Gasteiger partial charge on any atom is -0.428 e. The van der Waals surface area contributed by atoms with Gasteiger partial charge in [0.25, 0.3) is 0 Å². The van der Waals surface area contributed by atoms with E-state index in [0.717, 1.165) is 12.1 Å². The third-order valence-corrected chi connectivity index (χ3v) is 4.47. The lowest BCUT2D eigenvalue weighted by Gasteiger charge is -2.09. The van der Waals surface area contributed by atoms with E-state index < -0.39 is 17.4 Å². The lowest BCUT2D eigenvalue weighted by molar-refractivity contribution is -0.137. The Kier molecular flexibility index (Phi) is 4.06. The van der Waals surface area contributed by atoms with Gasteiger partial charge in [-0.3, -0.25) is 4.99 Å². The van der Waals surface area contributed by atoms with E-state index in [1.54, 1.807) is 19.1 Å². The summed E-state index contributed by atoms with van der Waals surface area (Å²) in [7, 11) is 0. The molecule has 0 atom stereocenters. The first-order chi connectivity index (χ1) is 10.8. The SMILES string of the molecule is Cc1ccc(C2=Nc3cc(C(F)(F)F)ccc3SCC2)c(=O)o1. The normalized spacial score (nSPS) is 14.9. The smallest absolute Gasteiger partial charge is 0.416 e. The summed E-state index contributed by atoms with van der Waals surface area (Å²) in [5.74, 6) is 1.10. The molecule has 0 spiro atoms. The first-order valence-electron chi connectivity index (χ1n) is 6.87. The van der Waals surface area contributed by atoms with E-state index in [1.165, 1.54) is 17.8 Å². The Morgan fingerprint density at radius 2 is 2.00 bits per heavy atom. The van der Waals surface area contributed by atoms with Crippen LogP contribution < -0.4 is 5.63 Å². The van der Waals surface area contributed by atoms with Gasteiger partial charge in [0.05, 0.1) is 22.5 Å². The zero-order valence-electron chi connectivity index (χ0n) is 12.1. The van der Waals surface area contributed by atoms with Gasteiger partial charge in [-0.05, 0) is 43.7 Å². The molecule has 2 aromatic rings. The average Bonchev–Trinajstić information content (AvgIpc) is 2.67. The summed E-state index contributed by atoms with van der Waals surface area (Å²) >= 11 is 1.42. The van der Waals surface area contributed by atoms with E-state index in [9.17, 15) is 18.0 Å². The maximum absolute atomic E-state index is 12.9. The van der Waals surface area contributed by atoms with Crippen LogP contribution >= 0.6 is 11.8 Å². The fourth-order valence-corrected chi connectivity index (χ4v) is 3.21. The number of fused-ring (bicyclic) bond motifs is 1. The third kappa shape index (κ3) is 3.34. The van der Waals surface area contributed by atoms with Crippen LogP contribution in [0.15, 0.2) is 49.4 Å². The van der Waals surface area contributed by atoms with Gasteiger partial charge in [0, 0.05) is 10.6 Å². The molecule has 3 nitrogen and oxygen atoms in total. The summed E-state index contributed by atoms with van der Waals surface area (Å²) in [6, 6.07) is 6.73. The molecule has 0 bridgehead atoms. The van der Waals surface area contributed by atoms with Crippen LogP contribution in [-0.4, -0.2) is 11.5 Å². The predicted molar refractivity (Wildman–Crippen MR) is 82.7 cm³/mol. The van der Waals surface area contributed by atoms with Crippen molar-refractivity contribution in [3.8, 4) is 0 Å². The van der Waals surface area contributed by atoms with E-state index >= 15 is 0 Å². The summed E-state index contributed by atoms with van der Waals surface area (Å²) in [5.41, 5.74) is -0.301. The molecule has 1 aliphatic rings. The van der Waals surface area contributed by atoms with Crippen molar-refractivity contribution in [2.45, 2.75) is 24.4 Å². The largest absolute Gasteiger partial charge is 0.428 e. The van der Waals surface area contributed by atoms with Gasteiger partial charge < -0.3 is 4.42 Å². The van der Waals surface area contributed by atoms with Crippen molar-refractivity contribution in [2.75, 3.05) is 5.75 Å². The van der Waals surface area contributed by atoms with Gasteiger partial charge in [-0.25, -0.2) is 4.79 Å². The number of aliphatic imine (C=N–C) groups is 1. The highest BCUT2D eigenvalue weighted by Crippen LogP contribution is 2.38. The molecule has 0 saturated heterocycles. The summed E-state index contributed by atoms with van der Waals surface area (Å²) < 4.78 is 43.6. The highest BCUT2D eigenvalue weighted by molar-refractivity contribution is 7.99. The second-order valence-electron chi connectivity index (χ2n) is 5.08. The van der Waals surface area contributed by atoms with Gasteiger partial charge in [-0.2, -0.15) is 13.2 Å². The minimum absolute atomic E-state index is 0.234. The number of aryl methyl sites for hydroxylation is 1. The maximum atomic E-state index is 12.9. The van der Waals surface area contributed by atoms with Crippen molar-refractivity contribution < 1.29 is 17.6 Å². The van der Waals surface area contributed by atoms with Crippen LogP contribution in [0.1, 0.15) is 23.3 Å². The Morgan fingerprint density at radius 3 is 2.70 bits per heavy atom. The van der Waals surface area contributed by atoms with E-state index in [0.29, 0.717) is 34.1 Å². The Hall–Kier alpha value is -2.02. The molecule has 3 rings (SSSR count). The first kappa shape index (κ1) is 15.9. The van der Waals surface area contributed by atoms with Crippen molar-refractivity contribution in [3.05, 3.63) is 57.6 Å². The van der Waals surface area contributed by atoms with Crippen LogP contribution in [0.5, 0.6) is 0 Å². The summed E-state index contributed by atoms with van der Waals surface area (Å²) in [6.45, 7) is 1.65. The maximum Gasteiger partial charge on any atom is 0.416 e. The second kappa shape index (κ2) is 5.88. The lowest BCUT2D eigenvalue weighted by atomic mass is 10.1. The van der Waals surface area contributed by atoms with Crippen molar-refractivity contribution >= 4 is 23.2 Å². The second-order valence-corrected chi connectivity index (χ2v) is 6.22. The zero-order valence-corrected chi connectivity index (χ0v) is 12.9. The molecule has 0 saturated carbocycles. The zero-order chi connectivity index (χ0) is 16.6. The molecule has 0 amide bonds. The highest BCUT2D eigenvalue weighted by Gasteiger charge is 2.31. The highest BCUT2D eigenvalue weighted by atomic mass is 32.2. The van der Waals surface area contributed by atoms with Crippen LogP contribution in [0.3, 0.4) is 0 Å². The van der Waals surface area contributed by atoms with Crippen molar-refractivity contribution in [3.63, 3.8) is 0 Å². The van der Waals surface area contributed by atoms with E-state index in [2.05, 4.69) is 4.99 Å². The summed E-state index contributed by atoms with van der Waals surface area (Å²) in [6.07, 6.45) is -3.95. The molecule has 2 heterocycles. The molecule has 1 aliphatic heterocycles. The van der Waals surface area contributed by atoms with Gasteiger partial charge in [-0.15, -0.1) is 11.8 Å². The number of halogens is 3. The average molecular weight is 339 g/mol. The fraction of sp³-hybridized carbons (Fsp3) is 0.250. The number of hydrogen-bond acceptors (Lipinski definition) is 4. The number of hydrogen-bond donors (Lipinski definition) is 0. The molecule has 0 unspecified atom stereocenters. The quantitative estimate of drug-likeness (QED) is 0.763. The predicted octanol–water partition coefficient (Wildman–Crippen LogP) is 4.58. The molecule has 0 N–H and O–H groups in total. The van der Waals surface area contributed by atoms with Gasteiger partial charge in [0.2, 0.25) is 0 Å². The van der Waals surface area contributed by atoms with Gasteiger partial charge in [-0.1, -0.05) is 0 Å². The fourth-order valence-electron chi connectivity index (χ4n) is 2.27. The van der Waals surface area contributed by atoms with Crippen LogP contribution in [0, 0.1) is 6.92 Å². The van der Waals surface area contributed by atoms with Gasteiger partial charge in [0.15, 0.2) is 0 Å². The molecule has 0 aliphatic carbocycles. The van der Waals surface area contributed by atoms with Crippen LogP contribution in [0.25, 0.3) is 0 Å². The molecule has 1 aromatic heterocycles. The van der Waals surface area contributed by atoms with Crippen molar-refractivity contribution in [2.24, 2.45) is 4.99 Å². The number of rotatable bonds is 1. The molecule has 7 heteroatoms. The molecule has 0 fully saturated rings. The number of thioether (sulfide) groups is 1. The Balaban J connectivity index is 2.11. The molecule has 1 aromatic carbocycles. The monoisotopic (exact) mass is 339 g/mol. The number of alkyl halides is 3. The number of nitrogens with zero attached hydrogens (tertiary/aromatic N) is 1. The molecule has 0 radical (unpaired) electrons. The Morgan fingerprint density at radius 1 is 1.22 bits per heavy atom. The van der Waals surface area contributed by atoms with Crippen molar-refractivity contribution in [1.82, 2.24) is 0 Å². The van der Waals surface area contributed by atoms with E-state index in [-0.39, 0.29) is 5.69 Å². The van der Waals surface area contributed by atoms with Crippen molar-refractivity contribution in [1.29, 1.82) is 0 Å². The molecule has 23 heavy (non-hydrogen) atoms. The van der Waals surface area contributed by atoms with E-state index in [4.69, 9.17) is 4.42 Å². The minimum atomic E-state index is -4.43.